The van der Waals surface area contributed by atoms with Gasteiger partial charge in [-0.1, -0.05) is 12.1 Å². The van der Waals surface area contributed by atoms with Gasteiger partial charge >= 0.3 is 0 Å². The van der Waals surface area contributed by atoms with Crippen LogP contribution in [-0.2, 0) is 4.79 Å². The lowest BCUT2D eigenvalue weighted by molar-refractivity contribution is -0.146. The maximum Gasteiger partial charge on any atom is 0.266 e. The van der Waals surface area contributed by atoms with Crippen molar-refractivity contribution in [3.63, 3.8) is 0 Å². The lowest BCUT2D eigenvalue weighted by Crippen LogP contribution is -2.52. The van der Waals surface area contributed by atoms with E-state index in [1.807, 2.05) is 50.8 Å². The van der Waals surface area contributed by atoms with Crippen molar-refractivity contribution in [2.24, 2.45) is 5.73 Å². The topological polar surface area (TPSA) is 55.6 Å². The second-order valence-corrected chi connectivity index (χ2v) is 6.44. The number of hydrogen-bond donors (Lipinski definition) is 1. The van der Waals surface area contributed by atoms with Crippen molar-refractivity contribution in [1.82, 2.24) is 4.90 Å². The van der Waals surface area contributed by atoms with Gasteiger partial charge in [0.2, 0.25) is 0 Å². The molecular formula is C17H26N2O2. The van der Waals surface area contributed by atoms with Crippen LogP contribution in [0.2, 0.25) is 0 Å². The van der Waals surface area contributed by atoms with Crippen LogP contribution in [0, 0.1) is 13.8 Å². The molecule has 21 heavy (non-hydrogen) atoms. The molecule has 0 unspecified atom stereocenters. The summed E-state index contributed by atoms with van der Waals surface area (Å²) in [6.45, 7) is 9.19. The summed E-state index contributed by atoms with van der Waals surface area (Å²) in [6, 6.07) is 6.14. The molecule has 2 rings (SSSR count). The van der Waals surface area contributed by atoms with Crippen LogP contribution in [0.3, 0.4) is 0 Å². The molecule has 2 N–H and O–H groups in total. The van der Waals surface area contributed by atoms with Crippen LogP contribution >= 0.6 is 0 Å². The molecule has 4 nitrogen and oxygen atoms in total. The molecule has 1 aliphatic heterocycles. The van der Waals surface area contributed by atoms with Crippen molar-refractivity contribution in [1.29, 1.82) is 0 Å². The van der Waals surface area contributed by atoms with Gasteiger partial charge < -0.3 is 15.4 Å². The van der Waals surface area contributed by atoms with Crippen LogP contribution in [0.1, 0.15) is 37.8 Å². The van der Waals surface area contributed by atoms with Crippen LogP contribution in [-0.4, -0.2) is 35.5 Å². The number of aryl methyl sites for hydroxylation is 1. The Balaban J connectivity index is 2.10. The fourth-order valence-electron chi connectivity index (χ4n) is 2.64. The number of carbonyl (C=O) groups excluding carboxylic acids is 1. The molecule has 0 saturated carbocycles. The molecule has 0 aromatic heterocycles. The highest BCUT2D eigenvalue weighted by atomic mass is 16.5. The van der Waals surface area contributed by atoms with Gasteiger partial charge in [0.1, 0.15) is 5.75 Å². The first-order valence-corrected chi connectivity index (χ1v) is 7.61. The number of hydrogen-bond acceptors (Lipinski definition) is 3. The molecule has 0 radical (unpaired) electrons. The lowest BCUT2D eigenvalue weighted by atomic mass is 10.0. The molecule has 116 valence electrons. The molecule has 4 heteroatoms. The van der Waals surface area contributed by atoms with Crippen molar-refractivity contribution in [3.05, 3.63) is 29.3 Å². The quantitative estimate of drug-likeness (QED) is 0.930. The van der Waals surface area contributed by atoms with E-state index in [9.17, 15) is 4.79 Å². The summed E-state index contributed by atoms with van der Waals surface area (Å²) < 4.78 is 6.03. The summed E-state index contributed by atoms with van der Waals surface area (Å²) in [6.07, 6.45) is 1.73. The second-order valence-electron chi connectivity index (χ2n) is 6.44. The third kappa shape index (κ3) is 3.56. The van der Waals surface area contributed by atoms with E-state index in [4.69, 9.17) is 10.5 Å². The van der Waals surface area contributed by atoms with E-state index in [0.29, 0.717) is 0 Å². The Morgan fingerprint density at radius 3 is 2.52 bits per heavy atom. The fourth-order valence-corrected chi connectivity index (χ4v) is 2.64. The van der Waals surface area contributed by atoms with Gasteiger partial charge in [0.15, 0.2) is 5.60 Å². The van der Waals surface area contributed by atoms with Gasteiger partial charge in [0, 0.05) is 19.1 Å². The van der Waals surface area contributed by atoms with Gasteiger partial charge in [-0.3, -0.25) is 4.79 Å². The standard InChI is InChI=1S/C17H26N2O2/c1-12-6-5-7-15(13(12)2)21-17(3,4)16(20)19-10-8-14(18)9-11-19/h5-7,14H,8-11,18H2,1-4H3. The summed E-state index contributed by atoms with van der Waals surface area (Å²) in [5, 5.41) is 0. The minimum absolute atomic E-state index is 0.0373. The Hall–Kier alpha value is -1.55. The number of ether oxygens (including phenoxy) is 1. The zero-order valence-corrected chi connectivity index (χ0v) is 13.5. The van der Waals surface area contributed by atoms with Crippen LogP contribution in [0.25, 0.3) is 0 Å². The van der Waals surface area contributed by atoms with Crippen LogP contribution in [0.15, 0.2) is 18.2 Å². The van der Waals surface area contributed by atoms with E-state index in [1.165, 1.54) is 5.56 Å². The van der Waals surface area contributed by atoms with Gasteiger partial charge in [-0.15, -0.1) is 0 Å². The monoisotopic (exact) mass is 290 g/mol. The second kappa shape index (κ2) is 6.06. The molecule has 1 aliphatic rings. The Morgan fingerprint density at radius 1 is 1.29 bits per heavy atom. The van der Waals surface area contributed by atoms with E-state index in [2.05, 4.69) is 0 Å². The summed E-state index contributed by atoms with van der Waals surface area (Å²) in [5.74, 6) is 0.817. The van der Waals surface area contributed by atoms with E-state index in [1.54, 1.807) is 0 Å². The molecule has 0 aliphatic carbocycles. The zero-order valence-electron chi connectivity index (χ0n) is 13.5. The largest absolute Gasteiger partial charge is 0.478 e. The molecule has 0 atom stereocenters. The first-order valence-electron chi connectivity index (χ1n) is 7.61. The van der Waals surface area contributed by atoms with Crippen molar-refractivity contribution in [3.8, 4) is 5.75 Å². The van der Waals surface area contributed by atoms with Gasteiger partial charge in [-0.25, -0.2) is 0 Å². The van der Waals surface area contributed by atoms with E-state index >= 15 is 0 Å². The van der Waals surface area contributed by atoms with Crippen molar-refractivity contribution >= 4 is 5.91 Å². The highest BCUT2D eigenvalue weighted by Crippen LogP contribution is 2.26. The third-order valence-electron chi connectivity index (χ3n) is 4.26. The van der Waals surface area contributed by atoms with E-state index in [0.717, 1.165) is 37.2 Å². The predicted molar refractivity (Wildman–Crippen MR) is 84.4 cm³/mol. The zero-order chi connectivity index (χ0) is 15.6. The summed E-state index contributed by atoms with van der Waals surface area (Å²) in [5.41, 5.74) is 7.28. The molecule has 1 aromatic carbocycles. The first kappa shape index (κ1) is 15.8. The average Bonchev–Trinajstić information content (AvgIpc) is 2.44. The lowest BCUT2D eigenvalue weighted by Gasteiger charge is -2.36. The van der Waals surface area contributed by atoms with Gasteiger partial charge in [-0.05, 0) is 57.7 Å². The van der Waals surface area contributed by atoms with Crippen LogP contribution in [0.5, 0.6) is 5.75 Å². The maximum atomic E-state index is 12.7. The van der Waals surface area contributed by atoms with E-state index < -0.39 is 5.60 Å². The number of carbonyl (C=O) groups is 1. The Kier molecular flexibility index (Phi) is 4.57. The first-order chi connectivity index (χ1) is 9.81. The number of amides is 1. The van der Waals surface area contributed by atoms with Gasteiger partial charge in [0.25, 0.3) is 5.91 Å². The van der Waals surface area contributed by atoms with Gasteiger partial charge in [-0.2, -0.15) is 0 Å². The normalized spacial score (nSPS) is 16.9. The average molecular weight is 290 g/mol. The Bertz CT molecular complexity index is 518. The number of benzene rings is 1. The molecular weight excluding hydrogens is 264 g/mol. The molecule has 1 aromatic rings. The number of piperidine rings is 1. The number of rotatable bonds is 3. The minimum Gasteiger partial charge on any atom is -0.478 e. The molecule has 0 spiro atoms. The van der Waals surface area contributed by atoms with Crippen molar-refractivity contribution < 1.29 is 9.53 Å². The molecule has 1 heterocycles. The molecule has 1 saturated heterocycles. The third-order valence-corrected chi connectivity index (χ3v) is 4.26. The summed E-state index contributed by atoms with van der Waals surface area (Å²) in [4.78, 5) is 14.6. The number of nitrogens with two attached hydrogens (primary N) is 1. The Morgan fingerprint density at radius 2 is 1.90 bits per heavy atom. The molecule has 1 fully saturated rings. The van der Waals surface area contributed by atoms with Crippen LogP contribution < -0.4 is 10.5 Å². The highest BCUT2D eigenvalue weighted by Gasteiger charge is 2.35. The van der Waals surface area contributed by atoms with Crippen LogP contribution in [0.4, 0.5) is 0 Å². The van der Waals surface area contributed by atoms with Gasteiger partial charge in [0.05, 0.1) is 0 Å². The summed E-state index contributed by atoms with van der Waals surface area (Å²) in [7, 11) is 0. The minimum atomic E-state index is -0.861. The molecule has 0 bridgehead atoms. The Labute approximate surface area is 127 Å². The van der Waals surface area contributed by atoms with E-state index in [-0.39, 0.29) is 11.9 Å². The smallest absolute Gasteiger partial charge is 0.266 e. The molecule has 1 amide bonds. The highest BCUT2D eigenvalue weighted by molar-refractivity contribution is 5.85. The van der Waals surface area contributed by atoms with Crippen molar-refractivity contribution in [2.45, 2.75) is 52.2 Å². The number of likely N-dealkylation sites (tertiary alicyclic amines) is 1. The van der Waals surface area contributed by atoms with Crippen molar-refractivity contribution in [2.75, 3.05) is 13.1 Å². The summed E-state index contributed by atoms with van der Waals surface area (Å²) >= 11 is 0. The SMILES string of the molecule is Cc1cccc(OC(C)(C)C(=O)N2CCC(N)CC2)c1C. The number of nitrogens with zero attached hydrogens (tertiary/aromatic N) is 1. The fraction of sp³-hybridized carbons (Fsp3) is 0.588. The maximum absolute atomic E-state index is 12.7. The predicted octanol–water partition coefficient (Wildman–Crippen LogP) is 2.41.